The number of rotatable bonds is 4. The minimum atomic E-state index is -0.103. The van der Waals surface area contributed by atoms with Crippen molar-refractivity contribution >= 4 is 11.8 Å². The Labute approximate surface area is 89.5 Å². The molecule has 1 aliphatic rings. The molecule has 5 nitrogen and oxygen atoms in total. The van der Waals surface area contributed by atoms with E-state index in [-0.39, 0.29) is 11.8 Å². The molecular formula is C10H17N3O2. The van der Waals surface area contributed by atoms with E-state index in [1.54, 1.807) is 20.2 Å². The second-order valence-corrected chi connectivity index (χ2v) is 3.69. The highest BCUT2D eigenvalue weighted by molar-refractivity contribution is 5.92. The number of nitrogens with one attached hydrogen (secondary N) is 2. The normalized spacial score (nSPS) is 14.8. The molecule has 0 spiro atoms. The van der Waals surface area contributed by atoms with Gasteiger partial charge in [-0.15, -0.1) is 0 Å². The molecule has 0 aliphatic heterocycles. The maximum Gasteiger partial charge on any atom is 0.316 e. The van der Waals surface area contributed by atoms with Crippen LogP contribution < -0.4 is 10.6 Å². The molecule has 5 heteroatoms. The van der Waals surface area contributed by atoms with E-state index >= 15 is 0 Å². The summed E-state index contributed by atoms with van der Waals surface area (Å²) in [5.41, 5.74) is 0.971. The van der Waals surface area contributed by atoms with Gasteiger partial charge in [-0.3, -0.25) is 4.79 Å². The molecule has 2 amide bonds. The van der Waals surface area contributed by atoms with Gasteiger partial charge in [0.15, 0.2) is 5.78 Å². The Balaban J connectivity index is 2.10. The van der Waals surface area contributed by atoms with Crippen LogP contribution in [0, 0.1) is 0 Å². The highest BCUT2D eigenvalue weighted by Gasteiger charge is 2.10. The van der Waals surface area contributed by atoms with Crippen molar-refractivity contribution in [2.75, 3.05) is 27.2 Å². The van der Waals surface area contributed by atoms with E-state index in [1.807, 2.05) is 0 Å². The minimum Gasteiger partial charge on any atom is -0.386 e. The standard InChI is InChI=1S/C10H17N3O2/c1-13(2)10(15)12-6-5-11-8-3-4-9(14)7-8/h7,11H,3-6H2,1-2H3,(H,12,15). The molecule has 0 radical (unpaired) electrons. The van der Waals surface area contributed by atoms with Gasteiger partial charge in [-0.1, -0.05) is 0 Å². The summed E-state index contributed by atoms with van der Waals surface area (Å²) < 4.78 is 0. The Morgan fingerprint density at radius 3 is 2.67 bits per heavy atom. The Kier molecular flexibility index (Phi) is 4.15. The van der Waals surface area contributed by atoms with E-state index in [0.717, 1.165) is 12.1 Å². The van der Waals surface area contributed by atoms with Gasteiger partial charge in [-0.05, 0) is 6.42 Å². The molecule has 0 fully saturated rings. The van der Waals surface area contributed by atoms with Gasteiger partial charge < -0.3 is 15.5 Å². The van der Waals surface area contributed by atoms with Gasteiger partial charge >= 0.3 is 6.03 Å². The van der Waals surface area contributed by atoms with E-state index in [4.69, 9.17) is 0 Å². The van der Waals surface area contributed by atoms with Gasteiger partial charge in [0.05, 0.1) is 0 Å². The molecule has 0 aromatic heterocycles. The highest BCUT2D eigenvalue weighted by Crippen LogP contribution is 2.10. The second kappa shape index (κ2) is 5.38. The van der Waals surface area contributed by atoms with Crippen LogP contribution in [0.3, 0.4) is 0 Å². The molecule has 1 aliphatic carbocycles. The maximum absolute atomic E-state index is 11.1. The fraction of sp³-hybridized carbons (Fsp3) is 0.600. The van der Waals surface area contributed by atoms with Crippen molar-refractivity contribution in [1.29, 1.82) is 0 Å². The lowest BCUT2D eigenvalue weighted by molar-refractivity contribution is -0.114. The second-order valence-electron chi connectivity index (χ2n) is 3.69. The molecule has 15 heavy (non-hydrogen) atoms. The summed E-state index contributed by atoms with van der Waals surface area (Å²) in [6.45, 7) is 1.21. The number of carbonyl (C=O) groups is 2. The van der Waals surface area contributed by atoms with Crippen LogP contribution in [0.25, 0.3) is 0 Å². The van der Waals surface area contributed by atoms with Gasteiger partial charge in [0, 0.05) is 45.4 Å². The summed E-state index contributed by atoms with van der Waals surface area (Å²) in [7, 11) is 3.39. The Morgan fingerprint density at radius 1 is 1.40 bits per heavy atom. The molecule has 0 unspecified atom stereocenters. The van der Waals surface area contributed by atoms with Crippen molar-refractivity contribution in [3.63, 3.8) is 0 Å². The molecule has 0 saturated carbocycles. The van der Waals surface area contributed by atoms with Crippen LogP contribution in [0.15, 0.2) is 11.8 Å². The molecule has 84 valence electrons. The van der Waals surface area contributed by atoms with Crippen molar-refractivity contribution in [3.8, 4) is 0 Å². The van der Waals surface area contributed by atoms with Crippen LogP contribution in [0.4, 0.5) is 4.79 Å². The quantitative estimate of drug-likeness (QED) is 0.648. The smallest absolute Gasteiger partial charge is 0.316 e. The minimum absolute atomic E-state index is 0.103. The van der Waals surface area contributed by atoms with Crippen LogP contribution in [0.5, 0.6) is 0 Å². The Morgan fingerprint density at radius 2 is 2.13 bits per heavy atom. The number of hydrogen-bond donors (Lipinski definition) is 2. The van der Waals surface area contributed by atoms with E-state index in [0.29, 0.717) is 19.5 Å². The molecule has 2 N–H and O–H groups in total. The zero-order chi connectivity index (χ0) is 11.3. The summed E-state index contributed by atoms with van der Waals surface area (Å²) >= 11 is 0. The number of ketones is 1. The van der Waals surface area contributed by atoms with E-state index in [9.17, 15) is 9.59 Å². The third kappa shape index (κ3) is 4.01. The summed E-state index contributed by atoms with van der Waals surface area (Å²) in [6.07, 6.45) is 3.03. The first kappa shape index (κ1) is 11.6. The average molecular weight is 211 g/mol. The molecule has 0 aromatic rings. The van der Waals surface area contributed by atoms with E-state index in [2.05, 4.69) is 10.6 Å². The van der Waals surface area contributed by atoms with Crippen LogP contribution in [0.2, 0.25) is 0 Å². The van der Waals surface area contributed by atoms with Gasteiger partial charge in [-0.25, -0.2) is 4.79 Å². The summed E-state index contributed by atoms with van der Waals surface area (Å²) in [5, 5.41) is 5.84. The Hall–Kier alpha value is -1.52. The van der Waals surface area contributed by atoms with Crippen molar-refractivity contribution in [2.24, 2.45) is 0 Å². The molecule has 1 rings (SSSR count). The number of nitrogens with zero attached hydrogens (tertiary/aromatic N) is 1. The lowest BCUT2D eigenvalue weighted by atomic mass is 10.3. The van der Waals surface area contributed by atoms with Crippen molar-refractivity contribution in [3.05, 3.63) is 11.8 Å². The number of allylic oxidation sites excluding steroid dienone is 2. The Bertz CT molecular complexity index is 284. The average Bonchev–Trinajstić information content (AvgIpc) is 2.58. The lowest BCUT2D eigenvalue weighted by Gasteiger charge is -2.12. The van der Waals surface area contributed by atoms with E-state index < -0.39 is 0 Å². The number of amides is 2. The number of carbonyl (C=O) groups excluding carboxylic acids is 2. The van der Waals surface area contributed by atoms with E-state index in [1.165, 1.54) is 4.90 Å². The van der Waals surface area contributed by atoms with Gasteiger partial charge in [0.2, 0.25) is 0 Å². The van der Waals surface area contributed by atoms with Crippen molar-refractivity contribution in [1.82, 2.24) is 15.5 Å². The summed E-state index contributed by atoms with van der Waals surface area (Å²) in [5.74, 6) is 0.176. The molecular weight excluding hydrogens is 194 g/mol. The first-order valence-corrected chi connectivity index (χ1v) is 5.02. The largest absolute Gasteiger partial charge is 0.386 e. The predicted molar refractivity (Wildman–Crippen MR) is 57.4 cm³/mol. The zero-order valence-electron chi connectivity index (χ0n) is 9.17. The number of hydrogen-bond acceptors (Lipinski definition) is 3. The summed E-state index contributed by atoms with van der Waals surface area (Å²) in [4.78, 5) is 23.5. The van der Waals surface area contributed by atoms with Crippen molar-refractivity contribution in [2.45, 2.75) is 12.8 Å². The third-order valence-electron chi connectivity index (χ3n) is 2.14. The fourth-order valence-corrected chi connectivity index (χ4v) is 1.29. The fourth-order valence-electron chi connectivity index (χ4n) is 1.29. The van der Waals surface area contributed by atoms with Crippen molar-refractivity contribution < 1.29 is 9.59 Å². The van der Waals surface area contributed by atoms with Crippen LogP contribution >= 0.6 is 0 Å². The molecule has 0 heterocycles. The molecule has 0 aromatic carbocycles. The zero-order valence-corrected chi connectivity index (χ0v) is 9.17. The van der Waals surface area contributed by atoms with Crippen LogP contribution in [-0.2, 0) is 4.79 Å². The topological polar surface area (TPSA) is 61.4 Å². The van der Waals surface area contributed by atoms with Crippen LogP contribution in [-0.4, -0.2) is 43.9 Å². The van der Waals surface area contributed by atoms with Gasteiger partial charge in [0.1, 0.15) is 0 Å². The van der Waals surface area contributed by atoms with Gasteiger partial charge in [-0.2, -0.15) is 0 Å². The molecule has 0 bridgehead atoms. The summed E-state index contributed by atoms with van der Waals surface area (Å²) in [6, 6.07) is -0.103. The van der Waals surface area contributed by atoms with Gasteiger partial charge in [0.25, 0.3) is 0 Å². The molecule has 0 atom stereocenters. The maximum atomic E-state index is 11.1. The first-order chi connectivity index (χ1) is 7.09. The van der Waals surface area contributed by atoms with Crippen LogP contribution in [0.1, 0.15) is 12.8 Å². The first-order valence-electron chi connectivity index (χ1n) is 5.02. The monoisotopic (exact) mass is 211 g/mol. The highest BCUT2D eigenvalue weighted by atomic mass is 16.2. The predicted octanol–water partition coefficient (Wildman–Crippen LogP) is 0.0940. The molecule has 0 saturated heterocycles. The number of urea groups is 1. The third-order valence-corrected chi connectivity index (χ3v) is 2.14. The lowest BCUT2D eigenvalue weighted by Crippen LogP contribution is -2.38. The SMILES string of the molecule is CN(C)C(=O)NCCNC1=CC(=O)CC1.